The topological polar surface area (TPSA) is 94.1 Å². The molecule has 29 heavy (non-hydrogen) atoms. The van der Waals surface area contributed by atoms with Crippen molar-refractivity contribution in [1.29, 1.82) is 0 Å². The van der Waals surface area contributed by atoms with Crippen molar-refractivity contribution in [2.45, 2.75) is 18.4 Å². The average molecular weight is 438 g/mol. The number of fused-ring (bicyclic) bond motifs is 1. The molecular weight excluding hydrogens is 417 g/mol. The van der Waals surface area contributed by atoms with Crippen molar-refractivity contribution in [2.24, 2.45) is 0 Å². The van der Waals surface area contributed by atoms with Crippen LogP contribution in [0.2, 0.25) is 5.02 Å². The molecule has 1 fully saturated rings. The number of nitrogens with zero attached hydrogens (tertiary/aromatic N) is 1. The summed E-state index contributed by atoms with van der Waals surface area (Å²) in [4.78, 5) is 14.8. The number of hydrogen-bond acceptors (Lipinski definition) is 6. The zero-order chi connectivity index (χ0) is 20.0. The molecule has 4 rings (SSSR count). The van der Waals surface area contributed by atoms with Crippen LogP contribution in [0.15, 0.2) is 45.6 Å². The smallest absolute Gasteiger partial charge is 0.197 e. The summed E-state index contributed by atoms with van der Waals surface area (Å²) in [5.74, 6) is -0.446. The Morgan fingerprint density at radius 2 is 1.97 bits per heavy atom. The Kier molecular flexibility index (Phi) is 6.10. The first kappa shape index (κ1) is 21.5. The number of aromatic hydroxyl groups is 2. The van der Waals surface area contributed by atoms with Crippen LogP contribution >= 0.6 is 24.0 Å². The maximum Gasteiger partial charge on any atom is 0.197 e. The lowest BCUT2D eigenvalue weighted by Crippen LogP contribution is -2.32. The molecule has 1 aliphatic rings. The van der Waals surface area contributed by atoms with Crippen LogP contribution in [-0.2, 0) is 0 Å². The zero-order valence-electron chi connectivity index (χ0n) is 15.6. The number of benzene rings is 2. The molecule has 0 saturated carbocycles. The fourth-order valence-corrected chi connectivity index (χ4v) is 4.27. The Morgan fingerprint density at radius 3 is 2.66 bits per heavy atom. The second-order valence-electron chi connectivity index (χ2n) is 7.14. The molecule has 1 aromatic heterocycles. The van der Waals surface area contributed by atoms with Gasteiger partial charge in [-0.1, -0.05) is 23.7 Å². The first-order valence-corrected chi connectivity index (χ1v) is 9.38. The Hall–Kier alpha value is -2.25. The van der Waals surface area contributed by atoms with Gasteiger partial charge in [0.15, 0.2) is 5.43 Å². The predicted octanol–water partition coefficient (Wildman–Crippen LogP) is 3.73. The number of hydrogen-bond donors (Lipinski definition) is 3. The van der Waals surface area contributed by atoms with Crippen LogP contribution in [0, 0.1) is 0 Å². The van der Waals surface area contributed by atoms with E-state index in [1.165, 1.54) is 12.1 Å². The maximum atomic E-state index is 12.8. The summed E-state index contributed by atoms with van der Waals surface area (Å²) in [6, 6.07) is 9.15. The SMILES string of the molecule is CN1CC[C@@H](c2c(O)cc(O)c3c(=O)cc(-c4cccc(Cl)c4)oc23)[C@@H]1CO.Cl. The fraction of sp³-hybridized carbons (Fsp3) is 0.286. The van der Waals surface area contributed by atoms with E-state index in [2.05, 4.69) is 0 Å². The van der Waals surface area contributed by atoms with E-state index in [9.17, 15) is 20.1 Å². The van der Waals surface area contributed by atoms with E-state index in [-0.39, 0.29) is 59.2 Å². The van der Waals surface area contributed by atoms with Crippen molar-refractivity contribution >= 4 is 35.0 Å². The van der Waals surface area contributed by atoms with Crippen LogP contribution in [0.5, 0.6) is 11.5 Å². The summed E-state index contributed by atoms with van der Waals surface area (Å²) in [6.45, 7) is 0.636. The lowest BCUT2D eigenvalue weighted by molar-refractivity contribution is 0.172. The van der Waals surface area contributed by atoms with Crippen LogP contribution in [-0.4, -0.2) is 46.5 Å². The third-order valence-electron chi connectivity index (χ3n) is 5.49. The number of rotatable bonds is 3. The zero-order valence-corrected chi connectivity index (χ0v) is 17.2. The molecule has 0 spiro atoms. The van der Waals surface area contributed by atoms with Crippen LogP contribution in [0.25, 0.3) is 22.3 Å². The van der Waals surface area contributed by atoms with Gasteiger partial charge in [-0.05, 0) is 32.1 Å². The van der Waals surface area contributed by atoms with Gasteiger partial charge in [-0.15, -0.1) is 12.4 Å². The predicted molar refractivity (Wildman–Crippen MR) is 114 cm³/mol. The van der Waals surface area contributed by atoms with Crippen LogP contribution in [0.1, 0.15) is 17.9 Å². The minimum Gasteiger partial charge on any atom is -0.507 e. The summed E-state index contributed by atoms with van der Waals surface area (Å²) in [7, 11) is 1.90. The minimum atomic E-state index is -0.415. The maximum absolute atomic E-state index is 12.8. The van der Waals surface area contributed by atoms with Gasteiger partial charge >= 0.3 is 0 Å². The first-order chi connectivity index (χ1) is 13.4. The number of phenols is 2. The molecule has 6 nitrogen and oxygen atoms in total. The molecule has 3 aromatic rings. The van der Waals surface area contributed by atoms with E-state index in [1.54, 1.807) is 24.3 Å². The summed E-state index contributed by atoms with van der Waals surface area (Å²) in [6.07, 6.45) is 0.681. The normalized spacial score (nSPS) is 19.4. The van der Waals surface area contributed by atoms with Gasteiger partial charge in [0.25, 0.3) is 0 Å². The molecule has 8 heteroatoms. The molecule has 1 aliphatic heterocycles. The Labute approximate surface area is 178 Å². The Morgan fingerprint density at radius 1 is 1.21 bits per heavy atom. The number of phenolic OH excluding ortho intramolecular Hbond substituents is 2. The number of likely N-dealkylation sites (tertiary alicyclic amines) is 1. The number of aliphatic hydroxyl groups excluding tert-OH is 1. The summed E-state index contributed by atoms with van der Waals surface area (Å²) in [5, 5.41) is 31.2. The highest BCUT2D eigenvalue weighted by Crippen LogP contribution is 2.44. The van der Waals surface area contributed by atoms with E-state index >= 15 is 0 Å². The van der Waals surface area contributed by atoms with Crippen LogP contribution in [0.4, 0.5) is 0 Å². The van der Waals surface area contributed by atoms with Crippen LogP contribution in [0.3, 0.4) is 0 Å². The molecule has 1 saturated heterocycles. The lowest BCUT2D eigenvalue weighted by Gasteiger charge is -2.24. The third kappa shape index (κ3) is 3.69. The molecule has 154 valence electrons. The van der Waals surface area contributed by atoms with Gasteiger partial charge in [-0.2, -0.15) is 0 Å². The molecule has 3 N–H and O–H groups in total. The molecule has 0 bridgehead atoms. The average Bonchev–Trinajstić information content (AvgIpc) is 3.01. The molecule has 0 unspecified atom stereocenters. The summed E-state index contributed by atoms with van der Waals surface area (Å²) < 4.78 is 6.04. The van der Waals surface area contributed by atoms with Gasteiger partial charge in [0, 0.05) is 40.2 Å². The highest BCUT2D eigenvalue weighted by molar-refractivity contribution is 6.30. The largest absolute Gasteiger partial charge is 0.507 e. The first-order valence-electron chi connectivity index (χ1n) is 9.00. The number of halogens is 2. The van der Waals surface area contributed by atoms with E-state index < -0.39 is 5.43 Å². The molecule has 0 aliphatic carbocycles. The molecule has 0 radical (unpaired) electrons. The van der Waals surface area contributed by atoms with Gasteiger partial charge < -0.3 is 24.6 Å². The van der Waals surface area contributed by atoms with Crippen molar-refractivity contribution in [3.63, 3.8) is 0 Å². The molecule has 2 aromatic carbocycles. The van der Waals surface area contributed by atoms with Crippen LogP contribution < -0.4 is 5.43 Å². The molecule has 2 heterocycles. The van der Waals surface area contributed by atoms with Crippen molar-refractivity contribution in [1.82, 2.24) is 4.90 Å². The van der Waals surface area contributed by atoms with E-state index in [0.29, 0.717) is 22.6 Å². The van der Waals surface area contributed by atoms with E-state index in [1.807, 2.05) is 11.9 Å². The van der Waals surface area contributed by atoms with Crippen molar-refractivity contribution in [2.75, 3.05) is 20.2 Å². The Balaban J connectivity index is 0.00000240. The molecular formula is C21H21Cl2NO5. The number of likely N-dealkylation sites (N-methyl/N-ethyl adjacent to an activating group) is 1. The standard InChI is InChI=1S/C21H20ClNO5.ClH/c1-23-6-5-13(14(23)10-24)19-15(25)8-16(26)20-17(27)9-18(28-21(19)20)11-3-2-4-12(22)7-11;/h2-4,7-9,13-14,24-26H,5-6,10H2,1H3;1H/t13-,14+;/m1./s1. The van der Waals surface area contributed by atoms with Gasteiger partial charge in [0.2, 0.25) is 0 Å². The van der Waals surface area contributed by atoms with Crippen molar-refractivity contribution in [3.8, 4) is 22.8 Å². The highest BCUT2D eigenvalue weighted by Gasteiger charge is 2.36. The molecule has 2 atom stereocenters. The monoisotopic (exact) mass is 437 g/mol. The van der Waals surface area contributed by atoms with E-state index in [0.717, 1.165) is 6.54 Å². The third-order valence-corrected chi connectivity index (χ3v) is 5.72. The van der Waals surface area contributed by atoms with Crippen molar-refractivity contribution in [3.05, 3.63) is 57.2 Å². The number of aliphatic hydroxyl groups is 1. The fourth-order valence-electron chi connectivity index (χ4n) is 4.08. The minimum absolute atomic E-state index is 0. The van der Waals surface area contributed by atoms with Crippen molar-refractivity contribution < 1.29 is 19.7 Å². The highest BCUT2D eigenvalue weighted by atomic mass is 35.5. The second kappa shape index (κ2) is 8.24. The van der Waals surface area contributed by atoms with Gasteiger partial charge in [0.05, 0.1) is 6.61 Å². The summed E-state index contributed by atoms with van der Waals surface area (Å²) in [5.41, 5.74) is 0.764. The van der Waals surface area contributed by atoms with Gasteiger partial charge in [-0.3, -0.25) is 4.79 Å². The van der Waals surface area contributed by atoms with Gasteiger partial charge in [-0.25, -0.2) is 0 Å². The van der Waals surface area contributed by atoms with E-state index in [4.69, 9.17) is 16.0 Å². The Bertz CT molecular complexity index is 1110. The van der Waals surface area contributed by atoms with Gasteiger partial charge in [0.1, 0.15) is 28.2 Å². The lowest BCUT2D eigenvalue weighted by atomic mass is 9.89. The second-order valence-corrected chi connectivity index (χ2v) is 7.58. The quantitative estimate of drug-likeness (QED) is 0.577. The summed E-state index contributed by atoms with van der Waals surface area (Å²) >= 11 is 6.06. The molecule has 0 amide bonds.